The van der Waals surface area contributed by atoms with E-state index in [1.54, 1.807) is 36.4 Å². The van der Waals surface area contributed by atoms with Crippen molar-refractivity contribution < 1.29 is 19.6 Å². The molecule has 3 rings (SSSR count). The zero-order valence-corrected chi connectivity index (χ0v) is 16.2. The van der Waals surface area contributed by atoms with Gasteiger partial charge in [0.25, 0.3) is 11.6 Å². The molecule has 0 unspecified atom stereocenters. The topological polar surface area (TPSA) is 125 Å². The van der Waals surface area contributed by atoms with Crippen LogP contribution in [-0.4, -0.2) is 15.9 Å². The molecule has 154 valence electrons. The van der Waals surface area contributed by atoms with Gasteiger partial charge in [0.2, 0.25) is 0 Å². The lowest BCUT2D eigenvalue weighted by Crippen LogP contribution is -2.13. The van der Waals surface area contributed by atoms with Gasteiger partial charge in [0, 0.05) is 17.8 Å². The van der Waals surface area contributed by atoms with Crippen molar-refractivity contribution in [1.82, 2.24) is 0 Å². The Hall–Kier alpha value is -4.64. The standard InChI is InChI=1S/C23H17N3O5/c24-14-18(23(28)25-19-5-9-21(27)10-6-19)13-16-3-11-22(12-4-16)31-15-17-1-7-20(8-2-17)26(29)30/h1-13,27H,15H2,(H,25,28)/b18-13+. The molecular formula is C23H17N3O5. The largest absolute Gasteiger partial charge is 0.508 e. The Morgan fingerprint density at radius 2 is 1.71 bits per heavy atom. The minimum Gasteiger partial charge on any atom is -0.508 e. The van der Waals surface area contributed by atoms with Crippen LogP contribution in [0.5, 0.6) is 11.5 Å². The predicted octanol–water partition coefficient (Wildman–Crippen LogP) is 4.43. The summed E-state index contributed by atoms with van der Waals surface area (Å²) in [7, 11) is 0. The summed E-state index contributed by atoms with van der Waals surface area (Å²) in [6, 6.07) is 20.7. The SMILES string of the molecule is N#C/C(=C\c1ccc(OCc2ccc([N+](=O)[O-])cc2)cc1)C(=O)Nc1ccc(O)cc1. The van der Waals surface area contributed by atoms with E-state index in [0.29, 0.717) is 17.0 Å². The van der Waals surface area contributed by atoms with E-state index >= 15 is 0 Å². The Morgan fingerprint density at radius 1 is 1.06 bits per heavy atom. The van der Waals surface area contributed by atoms with Gasteiger partial charge in [0.15, 0.2) is 0 Å². The molecule has 0 fully saturated rings. The van der Waals surface area contributed by atoms with E-state index in [1.807, 2.05) is 6.07 Å². The van der Waals surface area contributed by atoms with Crippen LogP contribution in [0.3, 0.4) is 0 Å². The predicted molar refractivity (Wildman–Crippen MR) is 114 cm³/mol. The van der Waals surface area contributed by atoms with Crippen LogP contribution in [0.4, 0.5) is 11.4 Å². The van der Waals surface area contributed by atoms with Crippen molar-refractivity contribution in [2.75, 3.05) is 5.32 Å². The van der Waals surface area contributed by atoms with Crippen LogP contribution in [0.1, 0.15) is 11.1 Å². The van der Waals surface area contributed by atoms with Gasteiger partial charge in [-0.1, -0.05) is 12.1 Å². The lowest BCUT2D eigenvalue weighted by atomic mass is 10.1. The third kappa shape index (κ3) is 5.92. The number of non-ortho nitro benzene ring substituents is 1. The van der Waals surface area contributed by atoms with Gasteiger partial charge in [0.1, 0.15) is 29.7 Å². The molecule has 0 atom stereocenters. The van der Waals surface area contributed by atoms with Crippen LogP contribution in [0, 0.1) is 21.4 Å². The van der Waals surface area contributed by atoms with Crippen LogP contribution in [0.2, 0.25) is 0 Å². The highest BCUT2D eigenvalue weighted by Crippen LogP contribution is 2.19. The number of carbonyl (C=O) groups is 1. The van der Waals surface area contributed by atoms with E-state index in [4.69, 9.17) is 4.74 Å². The van der Waals surface area contributed by atoms with E-state index in [9.17, 15) is 25.3 Å². The Labute approximate surface area is 177 Å². The molecule has 2 N–H and O–H groups in total. The minimum absolute atomic E-state index is 0.0163. The lowest BCUT2D eigenvalue weighted by Gasteiger charge is -2.07. The summed E-state index contributed by atoms with van der Waals surface area (Å²) in [5, 5.41) is 31.9. The highest BCUT2D eigenvalue weighted by molar-refractivity contribution is 6.09. The third-order valence-electron chi connectivity index (χ3n) is 4.23. The van der Waals surface area contributed by atoms with E-state index < -0.39 is 10.8 Å². The highest BCUT2D eigenvalue weighted by atomic mass is 16.6. The molecule has 3 aromatic rings. The number of phenolic OH excluding ortho intramolecular Hbond substituents is 1. The molecule has 0 spiro atoms. The van der Waals surface area contributed by atoms with Crippen molar-refractivity contribution >= 4 is 23.4 Å². The van der Waals surface area contributed by atoms with Gasteiger partial charge < -0.3 is 15.2 Å². The van der Waals surface area contributed by atoms with Crippen LogP contribution < -0.4 is 10.1 Å². The molecule has 31 heavy (non-hydrogen) atoms. The number of benzene rings is 3. The maximum Gasteiger partial charge on any atom is 0.269 e. The molecule has 0 aliphatic heterocycles. The fourth-order valence-corrected chi connectivity index (χ4v) is 2.60. The second kappa shape index (κ2) is 9.71. The molecular weight excluding hydrogens is 398 g/mol. The summed E-state index contributed by atoms with van der Waals surface area (Å²) >= 11 is 0. The smallest absolute Gasteiger partial charge is 0.269 e. The van der Waals surface area contributed by atoms with Crippen molar-refractivity contribution in [1.29, 1.82) is 5.26 Å². The van der Waals surface area contributed by atoms with E-state index in [0.717, 1.165) is 5.56 Å². The fourth-order valence-electron chi connectivity index (χ4n) is 2.60. The molecule has 8 nitrogen and oxygen atoms in total. The van der Waals surface area contributed by atoms with Crippen molar-refractivity contribution in [2.24, 2.45) is 0 Å². The van der Waals surface area contributed by atoms with Gasteiger partial charge >= 0.3 is 0 Å². The van der Waals surface area contributed by atoms with Gasteiger partial charge in [-0.3, -0.25) is 14.9 Å². The van der Waals surface area contributed by atoms with Crippen molar-refractivity contribution in [3.05, 3.63) is 99.6 Å². The number of nitriles is 1. The molecule has 8 heteroatoms. The molecule has 3 aromatic carbocycles. The van der Waals surface area contributed by atoms with Crippen LogP contribution >= 0.6 is 0 Å². The zero-order chi connectivity index (χ0) is 22.2. The van der Waals surface area contributed by atoms with Gasteiger partial charge in [-0.05, 0) is 65.7 Å². The maximum atomic E-state index is 12.3. The Balaban J connectivity index is 1.61. The first kappa shape index (κ1) is 21.1. The van der Waals surface area contributed by atoms with Gasteiger partial charge in [-0.25, -0.2) is 0 Å². The van der Waals surface area contributed by atoms with Crippen molar-refractivity contribution in [2.45, 2.75) is 6.61 Å². The van der Waals surface area contributed by atoms with E-state index in [1.165, 1.54) is 42.5 Å². The number of nitro groups is 1. The average molecular weight is 415 g/mol. The number of hydrogen-bond acceptors (Lipinski definition) is 6. The average Bonchev–Trinajstić information content (AvgIpc) is 2.78. The molecule has 0 bridgehead atoms. The normalized spacial score (nSPS) is 10.7. The molecule has 0 heterocycles. The zero-order valence-electron chi connectivity index (χ0n) is 16.2. The quantitative estimate of drug-likeness (QED) is 0.193. The van der Waals surface area contributed by atoms with Crippen LogP contribution in [0.25, 0.3) is 6.08 Å². The summed E-state index contributed by atoms with van der Waals surface area (Å²) in [4.78, 5) is 22.5. The number of nitro benzene ring substituents is 1. The summed E-state index contributed by atoms with van der Waals surface area (Å²) in [5.74, 6) is 0.0826. The first-order valence-corrected chi connectivity index (χ1v) is 9.13. The maximum absolute atomic E-state index is 12.3. The highest BCUT2D eigenvalue weighted by Gasteiger charge is 2.10. The van der Waals surface area contributed by atoms with Gasteiger partial charge in [0.05, 0.1) is 4.92 Å². The number of nitrogens with zero attached hydrogens (tertiary/aromatic N) is 2. The molecule has 0 aliphatic carbocycles. The Kier molecular flexibility index (Phi) is 6.60. The molecule has 0 aliphatic rings. The second-order valence-electron chi connectivity index (χ2n) is 6.45. The fraction of sp³-hybridized carbons (Fsp3) is 0.0435. The number of aromatic hydroxyl groups is 1. The molecule has 0 aromatic heterocycles. The van der Waals surface area contributed by atoms with Crippen molar-refractivity contribution in [3.63, 3.8) is 0 Å². The summed E-state index contributed by atoms with van der Waals surface area (Å²) in [6.07, 6.45) is 1.45. The van der Waals surface area contributed by atoms with E-state index in [-0.39, 0.29) is 23.6 Å². The summed E-state index contributed by atoms with van der Waals surface area (Å²) in [5.41, 5.74) is 1.82. The van der Waals surface area contributed by atoms with Gasteiger partial charge in [-0.2, -0.15) is 5.26 Å². The number of ether oxygens (including phenoxy) is 1. The second-order valence-corrected chi connectivity index (χ2v) is 6.45. The molecule has 0 saturated carbocycles. The minimum atomic E-state index is -0.563. The number of hydrogen-bond donors (Lipinski definition) is 2. The van der Waals surface area contributed by atoms with Crippen LogP contribution in [0.15, 0.2) is 78.4 Å². The number of phenols is 1. The number of amides is 1. The van der Waals surface area contributed by atoms with E-state index in [2.05, 4.69) is 5.32 Å². The monoisotopic (exact) mass is 415 g/mol. The van der Waals surface area contributed by atoms with Gasteiger partial charge in [-0.15, -0.1) is 0 Å². The number of carbonyl (C=O) groups excluding carboxylic acids is 1. The summed E-state index contributed by atoms with van der Waals surface area (Å²) in [6.45, 7) is 0.242. The first-order chi connectivity index (χ1) is 14.9. The number of anilines is 1. The number of nitrogens with one attached hydrogen (secondary N) is 1. The summed E-state index contributed by atoms with van der Waals surface area (Å²) < 4.78 is 5.66. The Bertz CT molecular complexity index is 1150. The van der Waals surface area contributed by atoms with Crippen molar-refractivity contribution in [3.8, 4) is 17.6 Å². The first-order valence-electron chi connectivity index (χ1n) is 9.13. The number of rotatable bonds is 7. The Morgan fingerprint density at radius 3 is 2.29 bits per heavy atom. The molecule has 0 saturated heterocycles. The lowest BCUT2D eigenvalue weighted by molar-refractivity contribution is -0.384. The third-order valence-corrected chi connectivity index (χ3v) is 4.23. The molecule has 1 amide bonds. The molecule has 0 radical (unpaired) electrons. The van der Waals surface area contributed by atoms with Crippen LogP contribution in [-0.2, 0) is 11.4 Å².